The van der Waals surface area contributed by atoms with E-state index >= 15 is 0 Å². The molecule has 1 saturated heterocycles. The molecule has 0 aliphatic carbocycles. The molecule has 1 unspecified atom stereocenters. The van der Waals surface area contributed by atoms with Gasteiger partial charge in [0, 0.05) is 32.6 Å². The van der Waals surface area contributed by atoms with E-state index in [9.17, 15) is 9.59 Å². The van der Waals surface area contributed by atoms with Crippen molar-refractivity contribution in [2.75, 3.05) is 26.2 Å². The minimum absolute atomic E-state index is 0.0319. The lowest BCUT2D eigenvalue weighted by atomic mass is 9.97. The maximum Gasteiger partial charge on any atom is 0.224 e. The zero-order valence-corrected chi connectivity index (χ0v) is 10.6. The molecule has 0 saturated carbocycles. The smallest absolute Gasteiger partial charge is 0.224 e. The van der Waals surface area contributed by atoms with Crippen LogP contribution in [0.4, 0.5) is 0 Å². The molecule has 0 aromatic heterocycles. The van der Waals surface area contributed by atoms with Crippen LogP contribution >= 0.6 is 0 Å². The third-order valence-corrected chi connectivity index (χ3v) is 3.05. The van der Waals surface area contributed by atoms with Gasteiger partial charge in [-0.05, 0) is 19.3 Å². The van der Waals surface area contributed by atoms with Crippen molar-refractivity contribution in [2.24, 2.45) is 11.7 Å². The molecule has 1 aliphatic rings. The van der Waals surface area contributed by atoms with Crippen molar-refractivity contribution in [1.82, 2.24) is 10.2 Å². The lowest BCUT2D eigenvalue weighted by Crippen LogP contribution is -2.46. The van der Waals surface area contributed by atoms with E-state index < -0.39 is 0 Å². The second-order valence-electron chi connectivity index (χ2n) is 4.51. The maximum absolute atomic E-state index is 11.8. The number of piperidine rings is 1. The Balaban J connectivity index is 2.42. The second-order valence-corrected chi connectivity index (χ2v) is 4.51. The van der Waals surface area contributed by atoms with E-state index in [-0.39, 0.29) is 17.7 Å². The molecule has 1 atom stereocenters. The fourth-order valence-electron chi connectivity index (χ4n) is 2.13. The Labute approximate surface area is 103 Å². The van der Waals surface area contributed by atoms with Gasteiger partial charge >= 0.3 is 0 Å². The Kier molecular flexibility index (Phi) is 5.97. The van der Waals surface area contributed by atoms with E-state index in [1.165, 1.54) is 0 Å². The molecular weight excluding hydrogens is 218 g/mol. The summed E-state index contributed by atoms with van der Waals surface area (Å²) < 4.78 is 0. The SMILES string of the molecule is CCCC(=O)N1CCCC(C(=O)NCCN)C1. The highest BCUT2D eigenvalue weighted by Gasteiger charge is 2.27. The monoisotopic (exact) mass is 241 g/mol. The van der Waals surface area contributed by atoms with Gasteiger partial charge < -0.3 is 16.0 Å². The second kappa shape index (κ2) is 7.27. The summed E-state index contributed by atoms with van der Waals surface area (Å²) in [5.74, 6) is 0.143. The Morgan fingerprint density at radius 1 is 1.47 bits per heavy atom. The Morgan fingerprint density at radius 2 is 2.24 bits per heavy atom. The summed E-state index contributed by atoms with van der Waals surface area (Å²) in [4.78, 5) is 25.4. The van der Waals surface area contributed by atoms with Crippen LogP contribution in [0, 0.1) is 5.92 Å². The summed E-state index contributed by atoms with van der Waals surface area (Å²) in [5.41, 5.74) is 5.34. The number of amides is 2. The summed E-state index contributed by atoms with van der Waals surface area (Å²) in [5, 5.41) is 2.79. The van der Waals surface area contributed by atoms with Crippen LogP contribution in [-0.2, 0) is 9.59 Å². The van der Waals surface area contributed by atoms with Gasteiger partial charge in [0.1, 0.15) is 0 Å². The molecule has 2 amide bonds. The highest BCUT2D eigenvalue weighted by atomic mass is 16.2. The summed E-state index contributed by atoms with van der Waals surface area (Å²) in [7, 11) is 0. The van der Waals surface area contributed by atoms with Crippen LogP contribution in [0.1, 0.15) is 32.6 Å². The number of rotatable bonds is 5. The largest absolute Gasteiger partial charge is 0.355 e. The zero-order chi connectivity index (χ0) is 12.7. The Hall–Kier alpha value is -1.10. The molecule has 0 aromatic rings. The lowest BCUT2D eigenvalue weighted by Gasteiger charge is -2.32. The fraction of sp³-hybridized carbons (Fsp3) is 0.833. The highest BCUT2D eigenvalue weighted by Crippen LogP contribution is 2.17. The number of nitrogens with two attached hydrogens (primary N) is 1. The number of nitrogens with zero attached hydrogens (tertiary/aromatic N) is 1. The van der Waals surface area contributed by atoms with Crippen LogP contribution in [0.15, 0.2) is 0 Å². The summed E-state index contributed by atoms with van der Waals surface area (Å²) in [6.45, 7) is 4.32. The molecule has 1 aliphatic heterocycles. The van der Waals surface area contributed by atoms with Gasteiger partial charge in [0.2, 0.25) is 11.8 Å². The van der Waals surface area contributed by atoms with Crippen molar-refractivity contribution < 1.29 is 9.59 Å². The van der Waals surface area contributed by atoms with E-state index in [0.29, 0.717) is 26.1 Å². The van der Waals surface area contributed by atoms with Crippen LogP contribution < -0.4 is 11.1 Å². The third-order valence-electron chi connectivity index (χ3n) is 3.05. The molecule has 0 bridgehead atoms. The maximum atomic E-state index is 11.8. The van der Waals surface area contributed by atoms with Crippen LogP contribution in [0.5, 0.6) is 0 Å². The molecule has 98 valence electrons. The van der Waals surface area contributed by atoms with Crippen molar-refractivity contribution in [3.05, 3.63) is 0 Å². The standard InChI is InChI=1S/C12H23N3O2/c1-2-4-11(16)15-8-3-5-10(9-15)12(17)14-7-6-13/h10H,2-9,13H2,1H3,(H,14,17). The molecule has 1 heterocycles. The number of likely N-dealkylation sites (tertiary alicyclic amines) is 1. The summed E-state index contributed by atoms with van der Waals surface area (Å²) >= 11 is 0. The first-order valence-electron chi connectivity index (χ1n) is 6.44. The van der Waals surface area contributed by atoms with Crippen molar-refractivity contribution in [3.63, 3.8) is 0 Å². The molecule has 0 aromatic carbocycles. The summed E-state index contributed by atoms with van der Waals surface area (Å²) in [6, 6.07) is 0. The minimum Gasteiger partial charge on any atom is -0.355 e. The van der Waals surface area contributed by atoms with Gasteiger partial charge in [-0.25, -0.2) is 0 Å². The van der Waals surface area contributed by atoms with Gasteiger partial charge in [-0.3, -0.25) is 9.59 Å². The summed E-state index contributed by atoms with van der Waals surface area (Å²) in [6.07, 6.45) is 3.22. The van der Waals surface area contributed by atoms with Crippen LogP contribution in [-0.4, -0.2) is 42.9 Å². The number of hydrogen-bond acceptors (Lipinski definition) is 3. The molecular formula is C12H23N3O2. The van der Waals surface area contributed by atoms with Gasteiger partial charge in [0.25, 0.3) is 0 Å². The molecule has 3 N–H and O–H groups in total. The molecule has 5 nitrogen and oxygen atoms in total. The average Bonchev–Trinajstić information content (AvgIpc) is 2.36. The van der Waals surface area contributed by atoms with E-state index in [1.807, 2.05) is 11.8 Å². The predicted molar refractivity (Wildman–Crippen MR) is 66.3 cm³/mol. The highest BCUT2D eigenvalue weighted by molar-refractivity contribution is 5.81. The quantitative estimate of drug-likeness (QED) is 0.717. The van der Waals surface area contributed by atoms with Crippen molar-refractivity contribution in [3.8, 4) is 0 Å². The topological polar surface area (TPSA) is 75.4 Å². The number of nitrogens with one attached hydrogen (secondary N) is 1. The van der Waals surface area contributed by atoms with E-state index in [2.05, 4.69) is 5.32 Å². The van der Waals surface area contributed by atoms with Crippen molar-refractivity contribution in [2.45, 2.75) is 32.6 Å². The van der Waals surface area contributed by atoms with E-state index in [4.69, 9.17) is 5.73 Å². The van der Waals surface area contributed by atoms with Crippen molar-refractivity contribution >= 4 is 11.8 Å². The average molecular weight is 241 g/mol. The van der Waals surface area contributed by atoms with Gasteiger partial charge in [-0.2, -0.15) is 0 Å². The number of carbonyl (C=O) groups excluding carboxylic acids is 2. The Bertz CT molecular complexity index is 268. The van der Waals surface area contributed by atoms with Crippen LogP contribution in [0.2, 0.25) is 0 Å². The lowest BCUT2D eigenvalue weighted by molar-refractivity contribution is -0.135. The Morgan fingerprint density at radius 3 is 2.88 bits per heavy atom. The first kappa shape index (κ1) is 14.0. The molecule has 0 spiro atoms. The first-order valence-corrected chi connectivity index (χ1v) is 6.44. The molecule has 17 heavy (non-hydrogen) atoms. The molecule has 1 rings (SSSR count). The van der Waals surface area contributed by atoms with Gasteiger partial charge in [-0.15, -0.1) is 0 Å². The fourth-order valence-corrected chi connectivity index (χ4v) is 2.13. The van der Waals surface area contributed by atoms with Gasteiger partial charge in [0.05, 0.1) is 5.92 Å². The third kappa shape index (κ3) is 4.34. The van der Waals surface area contributed by atoms with E-state index in [1.54, 1.807) is 0 Å². The minimum atomic E-state index is -0.0592. The first-order chi connectivity index (χ1) is 8.19. The van der Waals surface area contributed by atoms with Gasteiger partial charge in [0.15, 0.2) is 0 Å². The zero-order valence-electron chi connectivity index (χ0n) is 10.6. The predicted octanol–water partition coefficient (Wildman–Crippen LogP) is 0.100. The molecule has 0 radical (unpaired) electrons. The van der Waals surface area contributed by atoms with Crippen LogP contribution in [0.3, 0.4) is 0 Å². The normalized spacial score (nSPS) is 20.1. The molecule has 5 heteroatoms. The van der Waals surface area contributed by atoms with Crippen LogP contribution in [0.25, 0.3) is 0 Å². The number of hydrogen-bond donors (Lipinski definition) is 2. The van der Waals surface area contributed by atoms with Gasteiger partial charge in [-0.1, -0.05) is 6.92 Å². The van der Waals surface area contributed by atoms with E-state index in [0.717, 1.165) is 25.8 Å². The number of carbonyl (C=O) groups is 2. The van der Waals surface area contributed by atoms with Crippen molar-refractivity contribution in [1.29, 1.82) is 0 Å². The molecule has 1 fully saturated rings.